The third-order valence-electron chi connectivity index (χ3n) is 3.91. The van der Waals surface area contributed by atoms with Crippen LogP contribution in [0.4, 0.5) is 4.39 Å². The number of fused-ring (bicyclic) bond motifs is 1. The van der Waals surface area contributed by atoms with Crippen LogP contribution in [0, 0.1) is 18.7 Å². The molecule has 0 bridgehead atoms. The summed E-state index contributed by atoms with van der Waals surface area (Å²) in [6, 6.07) is 6.18. The van der Waals surface area contributed by atoms with Crippen molar-refractivity contribution in [2.24, 2.45) is 5.92 Å². The molecule has 3 rings (SSSR count). The van der Waals surface area contributed by atoms with E-state index in [4.69, 9.17) is 0 Å². The van der Waals surface area contributed by atoms with Crippen molar-refractivity contribution in [3.05, 3.63) is 52.9 Å². The minimum absolute atomic E-state index is 0.0159. The van der Waals surface area contributed by atoms with Crippen molar-refractivity contribution in [1.29, 1.82) is 0 Å². The zero-order valence-corrected chi connectivity index (χ0v) is 11.9. The van der Waals surface area contributed by atoms with Crippen molar-refractivity contribution >= 4 is 5.91 Å². The number of nitrogens with zero attached hydrogens (tertiary/aromatic N) is 1. The molecule has 1 aliphatic rings. The summed E-state index contributed by atoms with van der Waals surface area (Å²) in [7, 11) is 0. The molecule has 1 aromatic heterocycles. The first kappa shape index (κ1) is 13.8. The molecule has 0 radical (unpaired) electrons. The number of nitrogens with one attached hydrogen (secondary N) is 2. The number of aryl methyl sites for hydroxylation is 2. The van der Waals surface area contributed by atoms with Crippen molar-refractivity contribution in [3.63, 3.8) is 0 Å². The summed E-state index contributed by atoms with van der Waals surface area (Å²) in [6.07, 6.45) is 2.38. The Bertz CT molecular complexity index is 648. The minimum atomic E-state index is -0.264. The number of amides is 1. The monoisotopic (exact) mass is 287 g/mol. The van der Waals surface area contributed by atoms with E-state index in [0.717, 1.165) is 35.6 Å². The Morgan fingerprint density at radius 1 is 1.43 bits per heavy atom. The van der Waals surface area contributed by atoms with Crippen molar-refractivity contribution in [1.82, 2.24) is 15.3 Å². The van der Waals surface area contributed by atoms with E-state index in [0.29, 0.717) is 13.0 Å². The highest BCUT2D eigenvalue weighted by molar-refractivity contribution is 5.79. The van der Waals surface area contributed by atoms with Crippen LogP contribution < -0.4 is 5.32 Å². The van der Waals surface area contributed by atoms with Gasteiger partial charge in [-0.3, -0.25) is 4.79 Å². The summed E-state index contributed by atoms with van der Waals surface area (Å²) in [6.45, 7) is 2.37. The molecule has 1 aromatic carbocycles. The Balaban J connectivity index is 1.58. The van der Waals surface area contributed by atoms with E-state index in [-0.39, 0.29) is 17.6 Å². The fourth-order valence-electron chi connectivity index (χ4n) is 2.78. The largest absolute Gasteiger partial charge is 0.352 e. The Hall–Kier alpha value is -2.17. The minimum Gasteiger partial charge on any atom is -0.352 e. The number of H-pyrrole nitrogens is 1. The van der Waals surface area contributed by atoms with E-state index in [1.165, 1.54) is 12.1 Å². The van der Waals surface area contributed by atoms with E-state index in [9.17, 15) is 9.18 Å². The lowest BCUT2D eigenvalue weighted by Crippen LogP contribution is -2.33. The number of hydrogen-bond acceptors (Lipinski definition) is 2. The molecule has 1 heterocycles. The van der Waals surface area contributed by atoms with Crippen LogP contribution in [0.5, 0.6) is 0 Å². The van der Waals surface area contributed by atoms with Gasteiger partial charge in [0.05, 0.1) is 5.69 Å². The second-order valence-electron chi connectivity index (χ2n) is 5.53. The lowest BCUT2D eigenvalue weighted by atomic mass is 9.89. The number of carbonyl (C=O) groups excluding carboxylic acids is 1. The van der Waals surface area contributed by atoms with Gasteiger partial charge in [-0.1, -0.05) is 12.1 Å². The van der Waals surface area contributed by atoms with Crippen molar-refractivity contribution in [3.8, 4) is 0 Å². The number of aromatic nitrogens is 2. The normalized spacial score (nSPS) is 17.3. The lowest BCUT2D eigenvalue weighted by Gasteiger charge is -2.20. The quantitative estimate of drug-likeness (QED) is 0.910. The molecule has 0 saturated heterocycles. The smallest absolute Gasteiger partial charge is 0.223 e. The fraction of sp³-hybridized carbons (Fsp3) is 0.375. The lowest BCUT2D eigenvalue weighted by molar-refractivity contribution is -0.125. The van der Waals surface area contributed by atoms with Gasteiger partial charge in [0, 0.05) is 24.6 Å². The number of carbonyl (C=O) groups is 1. The highest BCUT2D eigenvalue weighted by Gasteiger charge is 2.26. The van der Waals surface area contributed by atoms with E-state index in [1.54, 1.807) is 12.1 Å². The average Bonchev–Trinajstić information content (AvgIpc) is 2.85. The highest BCUT2D eigenvalue weighted by atomic mass is 19.1. The summed E-state index contributed by atoms with van der Waals surface area (Å²) in [4.78, 5) is 19.9. The highest BCUT2D eigenvalue weighted by Crippen LogP contribution is 2.24. The van der Waals surface area contributed by atoms with Crippen LogP contribution in [-0.4, -0.2) is 15.9 Å². The van der Waals surface area contributed by atoms with Crippen molar-refractivity contribution in [2.45, 2.75) is 32.7 Å². The molecular formula is C16H18FN3O. The number of hydrogen-bond donors (Lipinski definition) is 2. The predicted octanol–water partition coefficient (Wildman–Crippen LogP) is 2.28. The Kier molecular flexibility index (Phi) is 3.73. The van der Waals surface area contributed by atoms with Gasteiger partial charge in [-0.2, -0.15) is 0 Å². The molecule has 1 atom stereocenters. The summed E-state index contributed by atoms with van der Waals surface area (Å²) >= 11 is 0. The zero-order valence-electron chi connectivity index (χ0n) is 11.9. The molecule has 0 saturated carbocycles. The topological polar surface area (TPSA) is 57.8 Å². The molecule has 110 valence electrons. The van der Waals surface area contributed by atoms with E-state index in [2.05, 4.69) is 15.3 Å². The Morgan fingerprint density at radius 2 is 2.19 bits per heavy atom. The second-order valence-corrected chi connectivity index (χ2v) is 5.53. The van der Waals surface area contributed by atoms with Gasteiger partial charge in [0.2, 0.25) is 5.91 Å². The standard InChI is InChI=1S/C16H18FN3O/c1-10-19-14-7-4-12(8-15(14)20-10)16(21)18-9-11-2-5-13(17)6-3-11/h2-3,5-6,12H,4,7-9H2,1H3,(H,18,21)(H,19,20). The first-order valence-electron chi connectivity index (χ1n) is 7.18. The molecule has 0 fully saturated rings. The number of rotatable bonds is 3. The van der Waals surface area contributed by atoms with Crippen molar-refractivity contribution < 1.29 is 9.18 Å². The number of aromatic amines is 1. The average molecular weight is 287 g/mol. The summed E-state index contributed by atoms with van der Waals surface area (Å²) in [5.74, 6) is 0.682. The molecule has 5 heteroatoms. The van der Waals surface area contributed by atoms with Gasteiger partial charge in [-0.05, 0) is 37.5 Å². The molecule has 1 amide bonds. The number of imidazole rings is 1. The van der Waals surface area contributed by atoms with Crippen LogP contribution >= 0.6 is 0 Å². The first-order chi connectivity index (χ1) is 10.1. The van der Waals surface area contributed by atoms with Crippen LogP contribution in [0.3, 0.4) is 0 Å². The first-order valence-corrected chi connectivity index (χ1v) is 7.18. The number of halogens is 1. The molecule has 2 aromatic rings. The molecule has 0 aliphatic heterocycles. The van der Waals surface area contributed by atoms with E-state index >= 15 is 0 Å². The predicted molar refractivity (Wildman–Crippen MR) is 77.1 cm³/mol. The molecule has 4 nitrogen and oxygen atoms in total. The number of benzene rings is 1. The van der Waals surface area contributed by atoms with E-state index in [1.807, 2.05) is 6.92 Å². The Labute approximate surface area is 122 Å². The van der Waals surface area contributed by atoms with Crippen LogP contribution in [0.25, 0.3) is 0 Å². The van der Waals surface area contributed by atoms with Crippen LogP contribution in [-0.2, 0) is 24.2 Å². The van der Waals surface area contributed by atoms with Gasteiger partial charge < -0.3 is 10.3 Å². The van der Waals surface area contributed by atoms with Crippen LogP contribution in [0.15, 0.2) is 24.3 Å². The van der Waals surface area contributed by atoms with Gasteiger partial charge in [0.1, 0.15) is 11.6 Å². The molecule has 0 spiro atoms. The van der Waals surface area contributed by atoms with Crippen molar-refractivity contribution in [2.75, 3.05) is 0 Å². The molecule has 21 heavy (non-hydrogen) atoms. The maximum absolute atomic E-state index is 12.8. The second kappa shape index (κ2) is 5.68. The zero-order chi connectivity index (χ0) is 14.8. The van der Waals surface area contributed by atoms with Gasteiger partial charge in [0.15, 0.2) is 0 Å². The molecule has 2 N–H and O–H groups in total. The third kappa shape index (κ3) is 3.12. The van der Waals surface area contributed by atoms with Gasteiger partial charge in [-0.15, -0.1) is 0 Å². The molecular weight excluding hydrogens is 269 g/mol. The third-order valence-corrected chi connectivity index (χ3v) is 3.91. The maximum atomic E-state index is 12.8. The Morgan fingerprint density at radius 3 is 2.95 bits per heavy atom. The van der Waals surface area contributed by atoms with E-state index < -0.39 is 0 Å². The van der Waals surface area contributed by atoms with Gasteiger partial charge in [-0.25, -0.2) is 9.37 Å². The fourth-order valence-corrected chi connectivity index (χ4v) is 2.78. The summed E-state index contributed by atoms with van der Waals surface area (Å²) < 4.78 is 12.8. The molecule has 1 aliphatic carbocycles. The summed E-state index contributed by atoms with van der Waals surface area (Å²) in [5, 5.41) is 2.93. The van der Waals surface area contributed by atoms with Crippen LogP contribution in [0.1, 0.15) is 29.2 Å². The summed E-state index contributed by atoms with van der Waals surface area (Å²) in [5.41, 5.74) is 3.08. The van der Waals surface area contributed by atoms with Crippen LogP contribution in [0.2, 0.25) is 0 Å². The van der Waals surface area contributed by atoms with Gasteiger partial charge >= 0.3 is 0 Å². The SMILES string of the molecule is Cc1nc2c([nH]1)CC(C(=O)NCc1ccc(F)cc1)CC2. The molecule has 1 unspecified atom stereocenters. The van der Waals surface area contributed by atoms with Gasteiger partial charge in [0.25, 0.3) is 0 Å². The maximum Gasteiger partial charge on any atom is 0.223 e.